The predicted octanol–water partition coefficient (Wildman–Crippen LogP) is 0.00480. The Balaban J connectivity index is 2.23. The first kappa shape index (κ1) is 9.51. The van der Waals surface area contributed by atoms with E-state index in [0.717, 1.165) is 18.5 Å². The van der Waals surface area contributed by atoms with Crippen LogP contribution in [0.5, 0.6) is 0 Å². The number of hydrogen-bond acceptors (Lipinski definition) is 1. The van der Waals surface area contributed by atoms with Crippen LogP contribution >= 0.6 is 0 Å². The number of guanidine groups is 2. The van der Waals surface area contributed by atoms with Gasteiger partial charge in [0.2, 0.25) is 5.96 Å². The van der Waals surface area contributed by atoms with Crippen molar-refractivity contribution in [3.05, 3.63) is 29.3 Å². The molecule has 0 bridgehead atoms. The minimum atomic E-state index is -0.0832. The SMILES string of the molecule is NC(N)=NC(N)=Nc1ccc2c(c1)CC2. The van der Waals surface area contributed by atoms with Crippen molar-refractivity contribution in [2.75, 3.05) is 0 Å². The molecule has 5 heteroatoms. The third kappa shape index (κ3) is 2.07. The minimum Gasteiger partial charge on any atom is -0.370 e. The molecule has 0 unspecified atom stereocenters. The topological polar surface area (TPSA) is 103 Å². The van der Waals surface area contributed by atoms with Crippen LogP contribution in [0.2, 0.25) is 0 Å². The summed E-state index contributed by atoms with van der Waals surface area (Å²) in [7, 11) is 0. The van der Waals surface area contributed by atoms with Gasteiger partial charge in [-0.2, -0.15) is 4.99 Å². The van der Waals surface area contributed by atoms with Gasteiger partial charge in [0.05, 0.1) is 5.69 Å². The zero-order valence-corrected chi connectivity index (χ0v) is 8.27. The molecule has 0 amide bonds. The lowest BCUT2D eigenvalue weighted by molar-refractivity contribution is 0.840. The zero-order valence-electron chi connectivity index (χ0n) is 8.27. The minimum absolute atomic E-state index is 0.0780. The van der Waals surface area contributed by atoms with E-state index in [0.29, 0.717) is 0 Å². The van der Waals surface area contributed by atoms with E-state index in [2.05, 4.69) is 16.1 Å². The van der Waals surface area contributed by atoms with Gasteiger partial charge in [0.1, 0.15) is 0 Å². The molecule has 2 rings (SSSR count). The molecule has 1 aromatic rings. The molecule has 0 atom stereocenters. The van der Waals surface area contributed by atoms with E-state index >= 15 is 0 Å². The Bertz CT molecular complexity index is 443. The normalized spacial score (nSPS) is 14.0. The number of benzene rings is 1. The van der Waals surface area contributed by atoms with E-state index in [-0.39, 0.29) is 11.9 Å². The van der Waals surface area contributed by atoms with Gasteiger partial charge in [-0.25, -0.2) is 4.99 Å². The molecule has 0 aromatic heterocycles. The van der Waals surface area contributed by atoms with Gasteiger partial charge < -0.3 is 17.2 Å². The first-order valence-corrected chi connectivity index (χ1v) is 4.71. The molecule has 15 heavy (non-hydrogen) atoms. The Kier molecular flexibility index (Phi) is 2.29. The smallest absolute Gasteiger partial charge is 0.223 e. The Morgan fingerprint density at radius 3 is 2.33 bits per heavy atom. The summed E-state index contributed by atoms with van der Waals surface area (Å²) in [5.74, 6) is -0.00513. The van der Waals surface area contributed by atoms with Crippen molar-refractivity contribution >= 4 is 17.6 Å². The molecule has 0 radical (unpaired) electrons. The summed E-state index contributed by atoms with van der Waals surface area (Å²) < 4.78 is 0. The van der Waals surface area contributed by atoms with Crippen LogP contribution in [-0.2, 0) is 12.8 Å². The zero-order chi connectivity index (χ0) is 10.8. The molecule has 0 aliphatic heterocycles. The number of fused-ring (bicyclic) bond motifs is 1. The van der Waals surface area contributed by atoms with E-state index in [4.69, 9.17) is 17.2 Å². The fourth-order valence-corrected chi connectivity index (χ4v) is 1.54. The fraction of sp³-hybridized carbons (Fsp3) is 0.200. The Labute approximate surface area is 87.7 Å². The summed E-state index contributed by atoms with van der Waals surface area (Å²) in [4.78, 5) is 7.72. The molecule has 0 spiro atoms. The molecular formula is C10H13N5. The van der Waals surface area contributed by atoms with E-state index in [1.165, 1.54) is 11.1 Å². The fourth-order valence-electron chi connectivity index (χ4n) is 1.54. The standard InChI is InChI=1S/C10H13N5/c11-9(12)15-10(13)14-8-4-3-6-1-2-7(6)5-8/h3-5H,1-2H2,(H6,11,12,13,14,15). The number of aryl methyl sites for hydroxylation is 2. The lowest BCUT2D eigenvalue weighted by atomic mass is 9.88. The van der Waals surface area contributed by atoms with Crippen LogP contribution in [-0.4, -0.2) is 11.9 Å². The van der Waals surface area contributed by atoms with Crippen LogP contribution in [0.15, 0.2) is 28.2 Å². The maximum atomic E-state index is 5.52. The van der Waals surface area contributed by atoms with E-state index in [1.54, 1.807) is 0 Å². The number of nitrogens with zero attached hydrogens (tertiary/aromatic N) is 2. The van der Waals surface area contributed by atoms with Crippen LogP contribution in [0.1, 0.15) is 11.1 Å². The van der Waals surface area contributed by atoms with Gasteiger partial charge in [-0.05, 0) is 36.1 Å². The Hall–Kier alpha value is -2.04. The molecule has 78 valence electrons. The molecule has 5 nitrogen and oxygen atoms in total. The van der Waals surface area contributed by atoms with Gasteiger partial charge in [0.25, 0.3) is 0 Å². The largest absolute Gasteiger partial charge is 0.370 e. The van der Waals surface area contributed by atoms with Gasteiger partial charge in [-0.15, -0.1) is 0 Å². The second-order valence-electron chi connectivity index (χ2n) is 3.46. The van der Waals surface area contributed by atoms with Gasteiger partial charge in [0.15, 0.2) is 5.96 Å². The van der Waals surface area contributed by atoms with Crippen LogP contribution < -0.4 is 17.2 Å². The predicted molar refractivity (Wildman–Crippen MR) is 60.9 cm³/mol. The highest BCUT2D eigenvalue weighted by atomic mass is 15.1. The summed E-state index contributed by atoms with van der Waals surface area (Å²) in [6.07, 6.45) is 2.27. The van der Waals surface area contributed by atoms with Crippen molar-refractivity contribution in [1.82, 2.24) is 0 Å². The summed E-state index contributed by atoms with van der Waals surface area (Å²) in [5, 5.41) is 0. The average molecular weight is 203 g/mol. The Morgan fingerprint density at radius 1 is 1.07 bits per heavy atom. The van der Waals surface area contributed by atoms with Gasteiger partial charge in [-0.1, -0.05) is 6.07 Å². The van der Waals surface area contributed by atoms with Gasteiger partial charge in [0, 0.05) is 0 Å². The summed E-state index contributed by atoms with van der Waals surface area (Å²) in [5.41, 5.74) is 19.4. The van der Waals surface area contributed by atoms with E-state index in [1.807, 2.05) is 12.1 Å². The van der Waals surface area contributed by atoms with Crippen molar-refractivity contribution in [3.63, 3.8) is 0 Å². The molecular weight excluding hydrogens is 190 g/mol. The van der Waals surface area contributed by atoms with Crippen molar-refractivity contribution < 1.29 is 0 Å². The van der Waals surface area contributed by atoms with Crippen LogP contribution in [0, 0.1) is 0 Å². The summed E-state index contributed by atoms with van der Waals surface area (Å²) in [6.45, 7) is 0. The van der Waals surface area contributed by atoms with Crippen molar-refractivity contribution in [1.29, 1.82) is 0 Å². The van der Waals surface area contributed by atoms with E-state index in [9.17, 15) is 0 Å². The second-order valence-corrected chi connectivity index (χ2v) is 3.46. The molecule has 0 saturated carbocycles. The number of nitrogens with two attached hydrogens (primary N) is 3. The maximum absolute atomic E-state index is 5.52. The van der Waals surface area contributed by atoms with Crippen LogP contribution in [0.4, 0.5) is 5.69 Å². The number of aliphatic imine (C=N–C) groups is 2. The third-order valence-electron chi connectivity index (χ3n) is 2.34. The van der Waals surface area contributed by atoms with Gasteiger partial charge >= 0.3 is 0 Å². The molecule has 1 aliphatic carbocycles. The molecule has 6 N–H and O–H groups in total. The van der Waals surface area contributed by atoms with Crippen molar-refractivity contribution in [2.24, 2.45) is 27.2 Å². The number of rotatable bonds is 1. The maximum Gasteiger partial charge on any atom is 0.223 e. The van der Waals surface area contributed by atoms with E-state index < -0.39 is 0 Å². The molecule has 0 saturated heterocycles. The molecule has 0 fully saturated rings. The third-order valence-corrected chi connectivity index (χ3v) is 2.34. The van der Waals surface area contributed by atoms with Crippen LogP contribution in [0.3, 0.4) is 0 Å². The highest BCUT2D eigenvalue weighted by Crippen LogP contribution is 2.27. The van der Waals surface area contributed by atoms with Crippen molar-refractivity contribution in [3.8, 4) is 0 Å². The van der Waals surface area contributed by atoms with Crippen LogP contribution in [0.25, 0.3) is 0 Å². The molecule has 1 aliphatic rings. The van der Waals surface area contributed by atoms with Gasteiger partial charge in [-0.3, -0.25) is 0 Å². The lowest BCUT2D eigenvalue weighted by Gasteiger charge is -2.18. The monoisotopic (exact) mass is 203 g/mol. The summed E-state index contributed by atoms with van der Waals surface area (Å²) >= 11 is 0. The highest BCUT2D eigenvalue weighted by molar-refractivity contribution is 5.93. The Morgan fingerprint density at radius 2 is 1.80 bits per heavy atom. The quantitative estimate of drug-likeness (QED) is 0.442. The molecule has 0 heterocycles. The average Bonchev–Trinajstić information content (AvgIpc) is 2.08. The molecule has 1 aromatic carbocycles. The number of hydrogen-bond donors (Lipinski definition) is 3. The first-order chi connectivity index (χ1) is 7.15. The first-order valence-electron chi connectivity index (χ1n) is 4.71. The second kappa shape index (κ2) is 3.61. The summed E-state index contributed by atoms with van der Waals surface area (Å²) in [6, 6.07) is 5.97. The lowest BCUT2D eigenvalue weighted by Crippen LogP contribution is -2.26. The highest BCUT2D eigenvalue weighted by Gasteiger charge is 2.12. The van der Waals surface area contributed by atoms with Crippen molar-refractivity contribution in [2.45, 2.75) is 12.8 Å².